The third kappa shape index (κ3) is 2.99. The van der Waals surface area contributed by atoms with Gasteiger partial charge in [0, 0.05) is 28.0 Å². The summed E-state index contributed by atoms with van der Waals surface area (Å²) in [5.41, 5.74) is 16.3. The van der Waals surface area contributed by atoms with Gasteiger partial charge in [0.1, 0.15) is 0 Å². The van der Waals surface area contributed by atoms with Gasteiger partial charge < -0.3 is 16.8 Å². The summed E-state index contributed by atoms with van der Waals surface area (Å²) < 4.78 is 1.21. The highest BCUT2D eigenvalue weighted by Crippen LogP contribution is 2.38. The number of nitrogens with one attached hydrogen (secondary N) is 1. The van der Waals surface area contributed by atoms with E-state index in [0.29, 0.717) is 5.95 Å². The fourth-order valence-corrected chi connectivity index (χ4v) is 3.99. The summed E-state index contributed by atoms with van der Waals surface area (Å²) in [4.78, 5) is 9.43. The van der Waals surface area contributed by atoms with Crippen LogP contribution < -0.4 is 16.8 Å². The van der Waals surface area contributed by atoms with Gasteiger partial charge in [0.25, 0.3) is 0 Å². The van der Waals surface area contributed by atoms with Crippen LogP contribution >= 0.6 is 11.3 Å². The maximum Gasteiger partial charge on any atom is 0.220 e. The van der Waals surface area contributed by atoms with Gasteiger partial charge in [-0.3, -0.25) is 0 Å². The van der Waals surface area contributed by atoms with E-state index in [-0.39, 0.29) is 0 Å². The number of aromatic nitrogens is 2. The number of thiophene rings is 1. The molecule has 0 aliphatic heterocycles. The van der Waals surface area contributed by atoms with Crippen molar-refractivity contribution in [2.24, 2.45) is 0 Å². The van der Waals surface area contributed by atoms with E-state index in [0.717, 1.165) is 27.6 Å². The molecule has 0 saturated carbocycles. The molecule has 0 bridgehead atoms. The molecule has 0 unspecified atom stereocenters. The number of nitrogens with two attached hydrogens (primary N) is 2. The normalized spacial score (nSPS) is 10.9. The number of aryl methyl sites for hydroxylation is 1. The van der Waals surface area contributed by atoms with Crippen molar-refractivity contribution in [3.63, 3.8) is 0 Å². The van der Waals surface area contributed by atoms with E-state index >= 15 is 0 Å². The average Bonchev–Trinajstić information content (AvgIpc) is 2.92. The molecule has 0 saturated heterocycles. The number of rotatable bonds is 3. The molecule has 0 atom stereocenters. The van der Waals surface area contributed by atoms with Crippen molar-refractivity contribution in [2.75, 3.05) is 16.8 Å². The summed E-state index contributed by atoms with van der Waals surface area (Å²) in [6.45, 7) is 2.11. The standard InChI is InChI=1S/C19H17N5S/c1-11-15-10-14(23-13-4-2-3-12(20)9-13)5-6-17(15)25-18(11)16-7-8-22-19(21)24-16/h2-10,23H,20H2,1H3,(H2,21,22,24). The topological polar surface area (TPSA) is 89.8 Å². The van der Waals surface area contributed by atoms with Crippen LogP contribution in [-0.4, -0.2) is 9.97 Å². The quantitative estimate of drug-likeness (QED) is 0.472. The number of hydrogen-bond donors (Lipinski definition) is 3. The van der Waals surface area contributed by atoms with Crippen LogP contribution in [0.15, 0.2) is 54.7 Å². The Bertz CT molecular complexity index is 1070. The fraction of sp³-hybridized carbons (Fsp3) is 0.0526. The van der Waals surface area contributed by atoms with Gasteiger partial charge in [-0.15, -0.1) is 11.3 Å². The molecule has 0 radical (unpaired) electrons. The minimum absolute atomic E-state index is 0.290. The van der Waals surface area contributed by atoms with Gasteiger partial charge >= 0.3 is 0 Å². The average molecular weight is 347 g/mol. The van der Waals surface area contributed by atoms with Crippen LogP contribution in [0.1, 0.15) is 5.56 Å². The monoisotopic (exact) mass is 347 g/mol. The van der Waals surface area contributed by atoms with Crippen molar-refractivity contribution >= 4 is 44.4 Å². The molecule has 2 aromatic carbocycles. The molecule has 4 rings (SSSR count). The first-order valence-corrected chi connectivity index (χ1v) is 8.66. The summed E-state index contributed by atoms with van der Waals surface area (Å²) in [5.74, 6) is 0.290. The summed E-state index contributed by atoms with van der Waals surface area (Å²) in [6, 6.07) is 15.9. The maximum absolute atomic E-state index is 5.85. The molecular weight excluding hydrogens is 330 g/mol. The summed E-state index contributed by atoms with van der Waals surface area (Å²) in [5, 5.41) is 4.60. The lowest BCUT2D eigenvalue weighted by Gasteiger charge is -2.07. The Balaban J connectivity index is 1.75. The second-order valence-electron chi connectivity index (χ2n) is 5.82. The Labute approximate surface area is 149 Å². The van der Waals surface area contributed by atoms with Crippen molar-refractivity contribution in [3.8, 4) is 10.6 Å². The van der Waals surface area contributed by atoms with Gasteiger partial charge in [0.05, 0.1) is 10.6 Å². The van der Waals surface area contributed by atoms with E-state index in [1.54, 1.807) is 17.5 Å². The molecule has 0 aliphatic rings. The zero-order chi connectivity index (χ0) is 17.4. The first-order chi connectivity index (χ1) is 12.1. The van der Waals surface area contributed by atoms with Crippen molar-refractivity contribution in [1.82, 2.24) is 9.97 Å². The summed E-state index contributed by atoms with van der Waals surface area (Å²) in [6.07, 6.45) is 1.69. The van der Waals surface area contributed by atoms with Gasteiger partial charge in [-0.05, 0) is 60.3 Å². The molecule has 0 spiro atoms. The van der Waals surface area contributed by atoms with E-state index in [1.165, 1.54) is 15.6 Å². The molecule has 0 aliphatic carbocycles. The van der Waals surface area contributed by atoms with E-state index in [4.69, 9.17) is 11.5 Å². The van der Waals surface area contributed by atoms with Gasteiger partial charge in [-0.25, -0.2) is 9.97 Å². The lowest BCUT2D eigenvalue weighted by molar-refractivity contribution is 1.19. The van der Waals surface area contributed by atoms with Gasteiger partial charge in [-0.2, -0.15) is 0 Å². The lowest BCUT2D eigenvalue weighted by Crippen LogP contribution is -1.94. The second-order valence-corrected chi connectivity index (χ2v) is 6.87. The van der Waals surface area contributed by atoms with Crippen molar-refractivity contribution < 1.29 is 0 Å². The molecule has 2 heterocycles. The maximum atomic E-state index is 5.85. The van der Waals surface area contributed by atoms with Crippen molar-refractivity contribution in [3.05, 3.63) is 60.3 Å². The minimum atomic E-state index is 0.290. The number of fused-ring (bicyclic) bond motifs is 1. The largest absolute Gasteiger partial charge is 0.399 e. The van der Waals surface area contributed by atoms with Crippen LogP contribution in [0.5, 0.6) is 0 Å². The number of nitrogens with zero attached hydrogens (tertiary/aromatic N) is 2. The Morgan fingerprint density at radius 2 is 1.84 bits per heavy atom. The second kappa shape index (κ2) is 6.07. The Morgan fingerprint density at radius 1 is 1.00 bits per heavy atom. The Kier molecular flexibility index (Phi) is 3.74. The molecule has 25 heavy (non-hydrogen) atoms. The van der Waals surface area contributed by atoms with E-state index in [2.05, 4.69) is 40.4 Å². The number of hydrogen-bond acceptors (Lipinski definition) is 6. The third-order valence-corrected chi connectivity index (χ3v) is 5.31. The van der Waals surface area contributed by atoms with E-state index < -0.39 is 0 Å². The van der Waals surface area contributed by atoms with Gasteiger partial charge in [0.15, 0.2) is 0 Å². The summed E-state index contributed by atoms with van der Waals surface area (Å²) >= 11 is 1.71. The number of benzene rings is 2. The highest BCUT2D eigenvalue weighted by Gasteiger charge is 2.12. The van der Waals surface area contributed by atoms with Crippen molar-refractivity contribution in [2.45, 2.75) is 6.92 Å². The molecule has 2 aromatic heterocycles. The van der Waals surface area contributed by atoms with Crippen LogP contribution in [0, 0.1) is 6.92 Å². The predicted octanol–water partition coefficient (Wildman–Crippen LogP) is 4.57. The first-order valence-electron chi connectivity index (χ1n) is 7.85. The zero-order valence-electron chi connectivity index (χ0n) is 13.7. The number of anilines is 4. The molecule has 0 fully saturated rings. The lowest BCUT2D eigenvalue weighted by atomic mass is 10.1. The molecular formula is C19H17N5S. The van der Waals surface area contributed by atoms with Crippen LogP contribution in [0.3, 0.4) is 0 Å². The van der Waals surface area contributed by atoms with E-state index in [1.807, 2.05) is 30.3 Å². The summed E-state index contributed by atoms with van der Waals surface area (Å²) in [7, 11) is 0. The van der Waals surface area contributed by atoms with Gasteiger partial charge in [-0.1, -0.05) is 6.07 Å². The molecule has 5 N–H and O–H groups in total. The predicted molar refractivity (Wildman–Crippen MR) is 106 cm³/mol. The Morgan fingerprint density at radius 3 is 2.64 bits per heavy atom. The van der Waals surface area contributed by atoms with Crippen LogP contribution in [-0.2, 0) is 0 Å². The first kappa shape index (κ1) is 15.4. The highest BCUT2D eigenvalue weighted by atomic mass is 32.1. The van der Waals surface area contributed by atoms with Crippen LogP contribution in [0.25, 0.3) is 20.7 Å². The molecule has 4 aromatic rings. The number of nitrogen functional groups attached to an aromatic ring is 2. The SMILES string of the molecule is Cc1c(-c2ccnc(N)n2)sc2ccc(Nc3cccc(N)c3)cc12. The fourth-order valence-electron chi connectivity index (χ4n) is 2.83. The molecule has 0 amide bonds. The zero-order valence-corrected chi connectivity index (χ0v) is 14.5. The molecule has 6 heteroatoms. The minimum Gasteiger partial charge on any atom is -0.399 e. The van der Waals surface area contributed by atoms with Crippen LogP contribution in [0.2, 0.25) is 0 Å². The van der Waals surface area contributed by atoms with Gasteiger partial charge in [0.2, 0.25) is 5.95 Å². The Hall–Kier alpha value is -3.12. The van der Waals surface area contributed by atoms with Crippen LogP contribution in [0.4, 0.5) is 23.0 Å². The third-order valence-electron chi connectivity index (χ3n) is 4.02. The molecule has 124 valence electrons. The van der Waals surface area contributed by atoms with E-state index in [9.17, 15) is 0 Å². The smallest absolute Gasteiger partial charge is 0.220 e. The molecule has 5 nitrogen and oxygen atoms in total. The highest BCUT2D eigenvalue weighted by molar-refractivity contribution is 7.22. The van der Waals surface area contributed by atoms with Crippen molar-refractivity contribution in [1.29, 1.82) is 0 Å².